The standard InChI is InChI=1S/C28H44N2O7/c1-22(20-23(2)31)28(34)29-26-11-9-25(10-12-26)21-27(33)8-7-16-37-19-18-36-15-6-5-14-35-17-13-30(4)24(3)32/h9-12,22H,5-8,13-21H2,1-4H3,(H,29,34). The molecule has 9 heteroatoms. The maximum atomic E-state index is 12.2. The number of carbonyl (C=O) groups is 4. The van der Waals surface area contributed by atoms with Gasteiger partial charge in [0.1, 0.15) is 11.6 Å². The van der Waals surface area contributed by atoms with E-state index in [1.165, 1.54) is 13.8 Å². The van der Waals surface area contributed by atoms with E-state index in [0.717, 1.165) is 18.4 Å². The van der Waals surface area contributed by atoms with Crippen molar-refractivity contribution in [3.8, 4) is 0 Å². The Kier molecular flexibility index (Phi) is 17.1. The summed E-state index contributed by atoms with van der Waals surface area (Å²) in [5, 5.41) is 2.79. The molecule has 0 heterocycles. The molecule has 0 aliphatic carbocycles. The van der Waals surface area contributed by atoms with E-state index in [4.69, 9.17) is 14.2 Å². The molecule has 1 rings (SSSR count). The van der Waals surface area contributed by atoms with Crippen LogP contribution in [0.2, 0.25) is 0 Å². The number of nitrogens with zero attached hydrogens (tertiary/aromatic N) is 1. The number of ether oxygens (including phenoxy) is 3. The molecule has 0 fully saturated rings. The number of carbonyl (C=O) groups excluding carboxylic acids is 4. The van der Waals surface area contributed by atoms with Crippen LogP contribution in [-0.4, -0.2) is 81.5 Å². The van der Waals surface area contributed by atoms with Crippen LogP contribution < -0.4 is 5.32 Å². The van der Waals surface area contributed by atoms with E-state index in [9.17, 15) is 19.2 Å². The lowest BCUT2D eigenvalue weighted by Crippen LogP contribution is -2.27. The first-order chi connectivity index (χ1) is 17.7. The third-order valence-electron chi connectivity index (χ3n) is 5.72. The number of ketones is 2. The van der Waals surface area contributed by atoms with Gasteiger partial charge in [-0.2, -0.15) is 0 Å². The fourth-order valence-electron chi connectivity index (χ4n) is 3.37. The second-order valence-corrected chi connectivity index (χ2v) is 9.30. The van der Waals surface area contributed by atoms with Crippen molar-refractivity contribution in [2.24, 2.45) is 5.92 Å². The molecule has 9 nitrogen and oxygen atoms in total. The van der Waals surface area contributed by atoms with Crippen molar-refractivity contribution in [1.82, 2.24) is 4.90 Å². The summed E-state index contributed by atoms with van der Waals surface area (Å²) in [6.07, 6.45) is 3.49. The quantitative estimate of drug-likeness (QED) is 0.247. The van der Waals surface area contributed by atoms with Crippen molar-refractivity contribution < 1.29 is 33.4 Å². The summed E-state index contributed by atoms with van der Waals surface area (Å²) >= 11 is 0. The van der Waals surface area contributed by atoms with Crippen LogP contribution in [-0.2, 0) is 39.8 Å². The van der Waals surface area contributed by atoms with Gasteiger partial charge < -0.3 is 29.2 Å². The fourth-order valence-corrected chi connectivity index (χ4v) is 3.37. The number of rotatable bonds is 21. The van der Waals surface area contributed by atoms with Crippen LogP contribution in [0, 0.1) is 5.92 Å². The summed E-state index contributed by atoms with van der Waals surface area (Å²) in [5.74, 6) is -0.411. The lowest BCUT2D eigenvalue weighted by atomic mass is 10.0. The van der Waals surface area contributed by atoms with E-state index in [1.54, 1.807) is 31.0 Å². The molecule has 1 unspecified atom stereocenters. The van der Waals surface area contributed by atoms with E-state index in [-0.39, 0.29) is 35.7 Å². The minimum Gasteiger partial charge on any atom is -0.380 e. The van der Waals surface area contributed by atoms with Gasteiger partial charge in [-0.3, -0.25) is 14.4 Å². The maximum Gasteiger partial charge on any atom is 0.227 e. The van der Waals surface area contributed by atoms with Crippen LogP contribution in [0.4, 0.5) is 5.69 Å². The summed E-state index contributed by atoms with van der Waals surface area (Å²) in [6.45, 7) is 8.72. The number of anilines is 1. The van der Waals surface area contributed by atoms with Gasteiger partial charge in [0.05, 0.1) is 19.8 Å². The maximum absolute atomic E-state index is 12.2. The summed E-state index contributed by atoms with van der Waals surface area (Å²) in [7, 11) is 1.76. The zero-order valence-electron chi connectivity index (χ0n) is 22.9. The van der Waals surface area contributed by atoms with Crippen molar-refractivity contribution in [3.63, 3.8) is 0 Å². The smallest absolute Gasteiger partial charge is 0.227 e. The number of hydrogen-bond donors (Lipinski definition) is 1. The van der Waals surface area contributed by atoms with Gasteiger partial charge in [-0.05, 0) is 43.9 Å². The van der Waals surface area contributed by atoms with Gasteiger partial charge in [-0.25, -0.2) is 0 Å². The number of amides is 2. The zero-order valence-corrected chi connectivity index (χ0v) is 22.9. The average molecular weight is 521 g/mol. The molecular formula is C28H44N2O7. The van der Waals surface area contributed by atoms with E-state index in [0.29, 0.717) is 71.1 Å². The molecule has 0 spiro atoms. The van der Waals surface area contributed by atoms with Gasteiger partial charge in [0, 0.05) is 71.2 Å². The number of benzene rings is 1. The SMILES string of the molecule is CC(=O)CC(C)C(=O)Nc1ccc(CC(=O)CCCOCCOCCCCOCCN(C)C(C)=O)cc1. The summed E-state index contributed by atoms with van der Waals surface area (Å²) in [6, 6.07) is 7.20. The molecule has 0 saturated carbocycles. The highest BCUT2D eigenvalue weighted by atomic mass is 16.5. The Labute approximate surface area is 221 Å². The van der Waals surface area contributed by atoms with Gasteiger partial charge in [0.2, 0.25) is 11.8 Å². The Hall–Kier alpha value is -2.62. The van der Waals surface area contributed by atoms with Crippen LogP contribution in [0.25, 0.3) is 0 Å². The molecule has 208 valence electrons. The number of likely N-dealkylation sites (N-methyl/N-ethyl adjacent to an activating group) is 1. The number of Topliss-reactive ketones (excluding diaryl/α,β-unsaturated/α-hetero) is 2. The molecule has 2 amide bonds. The Bertz CT molecular complexity index is 826. The van der Waals surface area contributed by atoms with Gasteiger partial charge in [0.15, 0.2) is 0 Å². The molecule has 37 heavy (non-hydrogen) atoms. The second-order valence-electron chi connectivity index (χ2n) is 9.30. The molecule has 0 aliphatic rings. The van der Waals surface area contributed by atoms with Crippen molar-refractivity contribution in [2.45, 2.75) is 59.3 Å². The van der Waals surface area contributed by atoms with Crippen LogP contribution in [0.5, 0.6) is 0 Å². The Morgan fingerprint density at radius 3 is 1.97 bits per heavy atom. The molecule has 1 atom stereocenters. The Morgan fingerprint density at radius 2 is 1.41 bits per heavy atom. The highest BCUT2D eigenvalue weighted by molar-refractivity contribution is 5.95. The van der Waals surface area contributed by atoms with Crippen LogP contribution in [0.1, 0.15) is 58.4 Å². The number of hydrogen-bond acceptors (Lipinski definition) is 7. The molecule has 1 aromatic carbocycles. The lowest BCUT2D eigenvalue weighted by molar-refractivity contribution is -0.128. The van der Waals surface area contributed by atoms with Crippen LogP contribution in [0.3, 0.4) is 0 Å². The van der Waals surface area contributed by atoms with Crippen molar-refractivity contribution in [3.05, 3.63) is 29.8 Å². The third kappa shape index (κ3) is 16.7. The van der Waals surface area contributed by atoms with Gasteiger partial charge in [-0.1, -0.05) is 19.1 Å². The van der Waals surface area contributed by atoms with Gasteiger partial charge in [-0.15, -0.1) is 0 Å². The van der Waals surface area contributed by atoms with E-state index in [1.807, 2.05) is 12.1 Å². The highest BCUT2D eigenvalue weighted by Gasteiger charge is 2.15. The van der Waals surface area contributed by atoms with Crippen LogP contribution in [0.15, 0.2) is 24.3 Å². The molecule has 0 aliphatic heterocycles. The summed E-state index contributed by atoms with van der Waals surface area (Å²) < 4.78 is 16.6. The second kappa shape index (κ2) is 19.5. The Balaban J connectivity index is 2.01. The fraction of sp³-hybridized carbons (Fsp3) is 0.643. The molecule has 1 N–H and O–H groups in total. The highest BCUT2D eigenvalue weighted by Crippen LogP contribution is 2.14. The number of nitrogens with one attached hydrogen (secondary N) is 1. The topological polar surface area (TPSA) is 111 Å². The molecule has 0 saturated heterocycles. The molecule has 0 radical (unpaired) electrons. The largest absolute Gasteiger partial charge is 0.380 e. The molecular weight excluding hydrogens is 476 g/mol. The van der Waals surface area contributed by atoms with Crippen LogP contribution >= 0.6 is 0 Å². The van der Waals surface area contributed by atoms with Crippen molar-refractivity contribution in [2.75, 3.05) is 58.6 Å². The predicted molar refractivity (Wildman–Crippen MR) is 142 cm³/mol. The zero-order chi connectivity index (χ0) is 27.5. The third-order valence-corrected chi connectivity index (χ3v) is 5.72. The first kappa shape index (κ1) is 32.4. The Morgan fingerprint density at radius 1 is 0.838 bits per heavy atom. The minimum absolute atomic E-state index is 0.0173. The molecule has 0 aromatic heterocycles. The molecule has 1 aromatic rings. The van der Waals surface area contributed by atoms with Gasteiger partial charge in [0.25, 0.3) is 0 Å². The predicted octanol–water partition coefficient (Wildman–Crippen LogP) is 3.44. The van der Waals surface area contributed by atoms with Crippen molar-refractivity contribution in [1.29, 1.82) is 0 Å². The first-order valence-electron chi connectivity index (χ1n) is 13.0. The average Bonchev–Trinajstić information content (AvgIpc) is 2.84. The lowest BCUT2D eigenvalue weighted by Gasteiger charge is -2.14. The first-order valence-corrected chi connectivity index (χ1v) is 13.0. The summed E-state index contributed by atoms with van der Waals surface area (Å²) in [5.41, 5.74) is 1.54. The normalized spacial score (nSPS) is 11.7. The summed E-state index contributed by atoms with van der Waals surface area (Å²) in [4.78, 5) is 48.2. The number of unbranched alkanes of at least 4 members (excludes halogenated alkanes) is 1. The van der Waals surface area contributed by atoms with Crippen molar-refractivity contribution >= 4 is 29.1 Å². The minimum atomic E-state index is -0.379. The van der Waals surface area contributed by atoms with E-state index < -0.39 is 0 Å². The van der Waals surface area contributed by atoms with E-state index in [2.05, 4.69) is 5.32 Å². The van der Waals surface area contributed by atoms with Gasteiger partial charge >= 0.3 is 0 Å². The molecule has 0 bridgehead atoms. The monoisotopic (exact) mass is 520 g/mol. The van der Waals surface area contributed by atoms with E-state index >= 15 is 0 Å².